The smallest absolute Gasteiger partial charge is 0.330 e. The molecule has 4 heteroatoms. The highest BCUT2D eigenvalue weighted by molar-refractivity contribution is 6.30. The molecule has 0 spiro atoms. The molecule has 29 heavy (non-hydrogen) atoms. The average molecular weight is 409 g/mol. The van der Waals surface area contributed by atoms with E-state index in [2.05, 4.69) is 0 Å². The molecule has 0 aromatic heterocycles. The molecule has 0 radical (unpaired) electrons. The summed E-state index contributed by atoms with van der Waals surface area (Å²) >= 11 is 6.46. The van der Waals surface area contributed by atoms with E-state index in [0.717, 1.165) is 28.9 Å². The number of esters is 1. The van der Waals surface area contributed by atoms with Gasteiger partial charge in [0.05, 0.1) is 6.61 Å². The van der Waals surface area contributed by atoms with Crippen molar-refractivity contribution in [2.24, 2.45) is 0 Å². The molecule has 0 saturated carbocycles. The van der Waals surface area contributed by atoms with E-state index in [-0.39, 0.29) is 5.92 Å². The van der Waals surface area contributed by atoms with Crippen LogP contribution in [0, 0.1) is 0 Å². The third-order valence-corrected chi connectivity index (χ3v) is 5.30. The van der Waals surface area contributed by atoms with Crippen LogP contribution in [0.2, 0.25) is 0 Å². The highest BCUT2D eigenvalue weighted by atomic mass is 35.5. The van der Waals surface area contributed by atoms with Gasteiger partial charge in [-0.2, -0.15) is 0 Å². The summed E-state index contributed by atoms with van der Waals surface area (Å²) in [7, 11) is 0. The number of hydrogen-bond acceptors (Lipinski definition) is 3. The van der Waals surface area contributed by atoms with Gasteiger partial charge in [0.1, 0.15) is 16.9 Å². The zero-order valence-electron chi connectivity index (χ0n) is 16.7. The van der Waals surface area contributed by atoms with Crippen LogP contribution >= 0.6 is 11.6 Å². The zero-order chi connectivity index (χ0) is 20.6. The summed E-state index contributed by atoms with van der Waals surface area (Å²) in [5.41, 5.74) is 3.14. The molecule has 2 unspecified atom stereocenters. The molecule has 3 nitrogen and oxygen atoms in total. The molecule has 0 N–H and O–H groups in total. The topological polar surface area (TPSA) is 35.5 Å². The predicted molar refractivity (Wildman–Crippen MR) is 118 cm³/mol. The lowest BCUT2D eigenvalue weighted by atomic mass is 9.93. The monoisotopic (exact) mass is 408 g/mol. The summed E-state index contributed by atoms with van der Waals surface area (Å²) in [6.45, 7) is 4.62. The van der Waals surface area contributed by atoms with Crippen molar-refractivity contribution in [1.29, 1.82) is 0 Å². The van der Waals surface area contributed by atoms with Gasteiger partial charge in [0.15, 0.2) is 0 Å². The number of ether oxygens (including phenoxy) is 2. The first-order valence-electron chi connectivity index (χ1n) is 9.86. The van der Waals surface area contributed by atoms with Gasteiger partial charge >= 0.3 is 5.97 Å². The van der Waals surface area contributed by atoms with E-state index in [1.807, 2.05) is 80.6 Å². The van der Waals surface area contributed by atoms with Crippen molar-refractivity contribution in [2.75, 3.05) is 6.61 Å². The quantitative estimate of drug-likeness (QED) is 0.244. The van der Waals surface area contributed by atoms with Crippen molar-refractivity contribution in [1.82, 2.24) is 0 Å². The summed E-state index contributed by atoms with van der Waals surface area (Å²) in [5, 5.41) is -0.742. The minimum Gasteiger partial charge on any atom is -0.494 e. The Labute approximate surface area is 177 Å². The molecule has 0 aliphatic rings. The van der Waals surface area contributed by atoms with Crippen molar-refractivity contribution >= 4 is 17.6 Å². The van der Waals surface area contributed by atoms with Gasteiger partial charge in [-0.25, -0.2) is 0 Å². The highest BCUT2D eigenvalue weighted by Crippen LogP contribution is 2.29. The molecule has 0 bridgehead atoms. The minimum absolute atomic E-state index is 0.0894. The first-order chi connectivity index (χ1) is 14.1. The van der Waals surface area contributed by atoms with Crippen molar-refractivity contribution in [3.63, 3.8) is 0 Å². The maximum Gasteiger partial charge on any atom is 0.330 e. The fourth-order valence-corrected chi connectivity index (χ4v) is 3.64. The first kappa shape index (κ1) is 20.9. The van der Waals surface area contributed by atoms with E-state index in [4.69, 9.17) is 21.1 Å². The Hall–Kier alpha value is -2.78. The van der Waals surface area contributed by atoms with Gasteiger partial charge in [-0.05, 0) is 54.3 Å². The minimum atomic E-state index is -0.742. The summed E-state index contributed by atoms with van der Waals surface area (Å²) < 4.78 is 11.0. The van der Waals surface area contributed by atoms with Crippen molar-refractivity contribution < 1.29 is 14.3 Å². The third kappa shape index (κ3) is 5.39. The predicted octanol–water partition coefficient (Wildman–Crippen LogP) is 6.46. The lowest BCUT2D eigenvalue weighted by molar-refractivity contribution is -0.134. The van der Waals surface area contributed by atoms with Crippen LogP contribution in [0.5, 0.6) is 11.5 Å². The van der Waals surface area contributed by atoms with E-state index >= 15 is 0 Å². The molecular weight excluding hydrogens is 384 g/mol. The maximum atomic E-state index is 12.6. The van der Waals surface area contributed by atoms with Crippen molar-refractivity contribution in [2.45, 2.75) is 31.6 Å². The largest absolute Gasteiger partial charge is 0.494 e. The van der Waals surface area contributed by atoms with E-state index in [9.17, 15) is 4.79 Å². The summed E-state index contributed by atoms with van der Waals surface area (Å²) in [6, 6.07) is 25.2. The molecule has 0 saturated heterocycles. The molecule has 3 aromatic rings. The van der Waals surface area contributed by atoms with Crippen LogP contribution in [0.1, 0.15) is 31.7 Å². The van der Waals surface area contributed by atoms with Crippen molar-refractivity contribution in [3.8, 4) is 22.6 Å². The lowest BCUT2D eigenvalue weighted by Gasteiger charge is -2.20. The van der Waals surface area contributed by atoms with E-state index in [1.54, 1.807) is 12.1 Å². The maximum absolute atomic E-state index is 12.6. The molecule has 3 rings (SSSR count). The number of alkyl halides is 1. The second kappa shape index (κ2) is 10.1. The highest BCUT2D eigenvalue weighted by Gasteiger charge is 2.28. The number of hydrogen-bond donors (Lipinski definition) is 0. The van der Waals surface area contributed by atoms with Crippen LogP contribution in [-0.2, 0) is 4.79 Å². The zero-order valence-corrected chi connectivity index (χ0v) is 17.4. The Morgan fingerprint density at radius 2 is 1.38 bits per heavy atom. The second-order valence-electron chi connectivity index (χ2n) is 6.73. The normalized spacial score (nSPS) is 12.8. The molecule has 3 aromatic carbocycles. The van der Waals surface area contributed by atoms with Gasteiger partial charge in [0, 0.05) is 5.92 Å². The fraction of sp³-hybridized carbons (Fsp3) is 0.240. The van der Waals surface area contributed by atoms with Crippen LogP contribution in [0.25, 0.3) is 11.1 Å². The molecule has 0 aliphatic carbocycles. The summed E-state index contributed by atoms with van der Waals surface area (Å²) in [5.74, 6) is 0.807. The number of benzene rings is 3. The van der Waals surface area contributed by atoms with Crippen LogP contribution in [0.3, 0.4) is 0 Å². The van der Waals surface area contributed by atoms with E-state index in [0.29, 0.717) is 12.4 Å². The molecular formula is C25H25ClO3. The Kier molecular flexibility index (Phi) is 7.31. The number of carbonyl (C=O) groups is 1. The lowest BCUT2D eigenvalue weighted by Crippen LogP contribution is -2.27. The Balaban J connectivity index is 1.66. The standard InChI is InChI=1S/C25H25ClO3/c1-3-23(20-8-6-5-7-9-20)24(26)25(27)29-22-16-12-19(13-17-22)18-10-14-21(15-11-18)28-4-2/h5-17,23-24H,3-4H2,1-2H3. The second-order valence-corrected chi connectivity index (χ2v) is 7.20. The molecule has 150 valence electrons. The summed E-state index contributed by atoms with van der Waals surface area (Å²) in [6.07, 6.45) is 0.754. The van der Waals surface area contributed by atoms with E-state index < -0.39 is 11.3 Å². The number of rotatable bonds is 8. The molecule has 0 amide bonds. The molecule has 2 atom stereocenters. The fourth-order valence-electron chi connectivity index (χ4n) is 3.27. The van der Waals surface area contributed by atoms with E-state index in [1.165, 1.54) is 0 Å². The van der Waals surface area contributed by atoms with Gasteiger partial charge in [-0.15, -0.1) is 11.6 Å². The SMILES string of the molecule is CCOc1ccc(-c2ccc(OC(=O)C(Cl)C(CC)c3ccccc3)cc2)cc1. The number of carbonyl (C=O) groups excluding carboxylic acids is 1. The van der Waals surface area contributed by atoms with Crippen LogP contribution in [0.15, 0.2) is 78.9 Å². The van der Waals surface area contributed by atoms with Gasteiger partial charge in [-0.3, -0.25) is 4.79 Å². The molecule has 0 heterocycles. The van der Waals surface area contributed by atoms with Gasteiger partial charge < -0.3 is 9.47 Å². The third-order valence-electron chi connectivity index (χ3n) is 4.82. The first-order valence-corrected chi connectivity index (χ1v) is 10.3. The van der Waals surface area contributed by atoms with Crippen LogP contribution in [0.4, 0.5) is 0 Å². The van der Waals surface area contributed by atoms with Gasteiger partial charge in [-0.1, -0.05) is 61.5 Å². The number of halogens is 1. The van der Waals surface area contributed by atoms with Crippen LogP contribution in [-0.4, -0.2) is 18.0 Å². The Morgan fingerprint density at radius 3 is 1.90 bits per heavy atom. The molecule has 0 aliphatic heterocycles. The Morgan fingerprint density at radius 1 is 0.828 bits per heavy atom. The van der Waals surface area contributed by atoms with Crippen LogP contribution < -0.4 is 9.47 Å². The molecule has 0 fully saturated rings. The van der Waals surface area contributed by atoms with Gasteiger partial charge in [0.2, 0.25) is 0 Å². The Bertz CT molecular complexity index is 905. The van der Waals surface area contributed by atoms with Gasteiger partial charge in [0.25, 0.3) is 0 Å². The average Bonchev–Trinajstić information content (AvgIpc) is 2.76. The van der Waals surface area contributed by atoms with Crippen molar-refractivity contribution in [3.05, 3.63) is 84.4 Å². The summed E-state index contributed by atoms with van der Waals surface area (Å²) in [4.78, 5) is 12.6.